The van der Waals surface area contributed by atoms with Crippen LogP contribution in [0.2, 0.25) is 5.02 Å². The highest BCUT2D eigenvalue weighted by atomic mass is 35.5. The second-order valence-electron chi connectivity index (χ2n) is 4.67. The van der Waals surface area contributed by atoms with Crippen molar-refractivity contribution in [2.24, 2.45) is 5.73 Å². The summed E-state index contributed by atoms with van der Waals surface area (Å²) in [6.45, 7) is 4.63. The maximum Gasteiger partial charge on any atom is 0.204 e. The van der Waals surface area contributed by atoms with Crippen molar-refractivity contribution in [3.63, 3.8) is 0 Å². The lowest BCUT2D eigenvalue weighted by Crippen LogP contribution is -2.49. The van der Waals surface area contributed by atoms with Crippen LogP contribution in [0.15, 0.2) is 6.20 Å². The van der Waals surface area contributed by atoms with Crippen LogP contribution in [0.5, 0.6) is 0 Å². The molecule has 1 aromatic rings. The fourth-order valence-electron chi connectivity index (χ4n) is 1.94. The van der Waals surface area contributed by atoms with Crippen molar-refractivity contribution < 1.29 is 9.53 Å². The molecule has 5 nitrogen and oxygen atoms in total. The molecule has 1 aliphatic rings. The van der Waals surface area contributed by atoms with Crippen molar-refractivity contribution in [2.45, 2.75) is 31.8 Å². The van der Waals surface area contributed by atoms with E-state index in [0.717, 1.165) is 0 Å². The van der Waals surface area contributed by atoms with Gasteiger partial charge in [-0.15, -0.1) is 0 Å². The molecule has 6 heteroatoms. The third-order valence-corrected chi connectivity index (χ3v) is 3.24. The van der Waals surface area contributed by atoms with E-state index in [2.05, 4.69) is 5.10 Å². The molecule has 0 spiro atoms. The summed E-state index contributed by atoms with van der Waals surface area (Å²) in [5.74, 6) is -0.189. The van der Waals surface area contributed by atoms with Crippen molar-refractivity contribution >= 4 is 17.4 Å². The molecule has 0 bridgehead atoms. The lowest BCUT2D eigenvalue weighted by Gasteiger charge is -2.21. The zero-order valence-corrected chi connectivity index (χ0v) is 10.7. The van der Waals surface area contributed by atoms with Crippen LogP contribution in [-0.2, 0) is 4.74 Å². The smallest absolute Gasteiger partial charge is 0.204 e. The third kappa shape index (κ3) is 2.10. The Morgan fingerprint density at radius 3 is 2.94 bits per heavy atom. The van der Waals surface area contributed by atoms with E-state index in [0.29, 0.717) is 23.7 Å². The van der Waals surface area contributed by atoms with Crippen LogP contribution in [0.4, 0.5) is 0 Å². The number of nitrogens with two attached hydrogens (primary N) is 1. The number of hydrogen-bond donors (Lipinski definition) is 1. The standard InChI is InChI=1S/C11H16ClN3O2/c1-7(2)15-9(8(12)5-14-15)10(16)11(13)3-4-17-6-11/h5,7H,3-4,6,13H2,1-2H3. The second kappa shape index (κ2) is 4.40. The number of carbonyl (C=O) groups excluding carboxylic acids is 1. The quantitative estimate of drug-likeness (QED) is 0.832. The monoisotopic (exact) mass is 257 g/mol. The molecule has 2 rings (SSSR count). The Morgan fingerprint density at radius 1 is 1.71 bits per heavy atom. The lowest BCUT2D eigenvalue weighted by molar-refractivity contribution is 0.0850. The molecule has 0 amide bonds. The first-order valence-electron chi connectivity index (χ1n) is 5.60. The fourth-order valence-corrected chi connectivity index (χ4v) is 2.16. The number of ketones is 1. The topological polar surface area (TPSA) is 70.1 Å². The molecule has 1 atom stereocenters. The molecular weight excluding hydrogens is 242 g/mol. The van der Waals surface area contributed by atoms with E-state index in [-0.39, 0.29) is 18.4 Å². The van der Waals surface area contributed by atoms with Gasteiger partial charge < -0.3 is 10.5 Å². The highest BCUT2D eigenvalue weighted by molar-refractivity contribution is 6.34. The predicted octanol–water partition coefficient (Wildman–Crippen LogP) is 1.42. The van der Waals surface area contributed by atoms with E-state index in [1.54, 1.807) is 4.68 Å². The molecule has 0 radical (unpaired) electrons. The molecule has 1 aliphatic heterocycles. The zero-order chi connectivity index (χ0) is 12.6. The zero-order valence-electron chi connectivity index (χ0n) is 9.94. The number of nitrogens with zero attached hydrogens (tertiary/aromatic N) is 2. The Hall–Kier alpha value is -0.910. The second-order valence-corrected chi connectivity index (χ2v) is 5.07. The van der Waals surface area contributed by atoms with Gasteiger partial charge in [0.05, 0.1) is 17.8 Å². The van der Waals surface area contributed by atoms with E-state index in [9.17, 15) is 4.79 Å². The average Bonchev–Trinajstić information content (AvgIpc) is 2.85. The number of hydrogen-bond acceptors (Lipinski definition) is 4. The van der Waals surface area contributed by atoms with Gasteiger partial charge in [0.25, 0.3) is 0 Å². The molecule has 0 aliphatic carbocycles. The van der Waals surface area contributed by atoms with Gasteiger partial charge in [0, 0.05) is 12.6 Å². The van der Waals surface area contributed by atoms with Crippen LogP contribution in [0.1, 0.15) is 36.8 Å². The Kier molecular flexibility index (Phi) is 3.25. The SMILES string of the molecule is CC(C)n1ncc(Cl)c1C(=O)C1(N)CCOC1. The van der Waals surface area contributed by atoms with Crippen molar-refractivity contribution in [3.05, 3.63) is 16.9 Å². The van der Waals surface area contributed by atoms with Gasteiger partial charge >= 0.3 is 0 Å². The van der Waals surface area contributed by atoms with E-state index in [1.165, 1.54) is 6.20 Å². The minimum absolute atomic E-state index is 0.0624. The highest BCUT2D eigenvalue weighted by Crippen LogP contribution is 2.26. The first-order valence-corrected chi connectivity index (χ1v) is 5.98. The minimum atomic E-state index is -0.962. The Morgan fingerprint density at radius 2 is 2.41 bits per heavy atom. The molecule has 2 N–H and O–H groups in total. The molecule has 2 heterocycles. The first-order chi connectivity index (χ1) is 7.96. The maximum atomic E-state index is 12.4. The van der Waals surface area contributed by atoms with Crippen LogP contribution in [-0.4, -0.2) is 34.3 Å². The molecule has 1 fully saturated rings. The molecular formula is C11H16ClN3O2. The van der Waals surface area contributed by atoms with Crippen molar-refractivity contribution in [2.75, 3.05) is 13.2 Å². The van der Waals surface area contributed by atoms with Crippen LogP contribution < -0.4 is 5.73 Å². The normalized spacial score (nSPS) is 24.5. The van der Waals surface area contributed by atoms with Gasteiger partial charge in [0.2, 0.25) is 5.78 Å². The van der Waals surface area contributed by atoms with Crippen LogP contribution in [0, 0.1) is 0 Å². The Bertz CT molecular complexity index is 436. The fraction of sp³-hybridized carbons (Fsp3) is 0.636. The van der Waals surface area contributed by atoms with E-state index in [4.69, 9.17) is 22.1 Å². The number of rotatable bonds is 3. The van der Waals surface area contributed by atoms with E-state index >= 15 is 0 Å². The Balaban J connectivity index is 2.39. The van der Waals surface area contributed by atoms with Gasteiger partial charge in [0.1, 0.15) is 11.2 Å². The number of aromatic nitrogens is 2. The van der Waals surface area contributed by atoms with Crippen molar-refractivity contribution in [3.8, 4) is 0 Å². The van der Waals surface area contributed by atoms with Gasteiger partial charge in [-0.25, -0.2) is 0 Å². The summed E-state index contributed by atoms with van der Waals surface area (Å²) in [5, 5.41) is 4.45. The van der Waals surface area contributed by atoms with Gasteiger partial charge in [0.15, 0.2) is 0 Å². The number of carbonyl (C=O) groups is 1. The summed E-state index contributed by atoms with van der Waals surface area (Å²) in [4.78, 5) is 12.4. The minimum Gasteiger partial charge on any atom is -0.379 e. The van der Waals surface area contributed by atoms with Gasteiger partial charge in [-0.2, -0.15) is 5.10 Å². The van der Waals surface area contributed by atoms with E-state index in [1.807, 2.05) is 13.8 Å². The lowest BCUT2D eigenvalue weighted by atomic mass is 9.92. The number of halogens is 1. The predicted molar refractivity (Wildman–Crippen MR) is 64.3 cm³/mol. The third-order valence-electron chi connectivity index (χ3n) is 2.96. The number of Topliss-reactive ketones (excluding diaryl/α,β-unsaturated/α-hetero) is 1. The van der Waals surface area contributed by atoms with Gasteiger partial charge in [-0.05, 0) is 20.3 Å². The average molecular weight is 258 g/mol. The largest absolute Gasteiger partial charge is 0.379 e. The van der Waals surface area contributed by atoms with Crippen LogP contribution >= 0.6 is 11.6 Å². The van der Waals surface area contributed by atoms with Crippen molar-refractivity contribution in [1.82, 2.24) is 9.78 Å². The van der Waals surface area contributed by atoms with Gasteiger partial charge in [-0.1, -0.05) is 11.6 Å². The molecule has 0 saturated carbocycles. The molecule has 1 saturated heterocycles. The maximum absolute atomic E-state index is 12.4. The van der Waals surface area contributed by atoms with Gasteiger partial charge in [-0.3, -0.25) is 9.48 Å². The number of ether oxygens (including phenoxy) is 1. The summed E-state index contributed by atoms with van der Waals surface area (Å²) in [7, 11) is 0. The summed E-state index contributed by atoms with van der Waals surface area (Å²) >= 11 is 6.02. The molecule has 1 aromatic heterocycles. The molecule has 0 aromatic carbocycles. The first kappa shape index (κ1) is 12.5. The molecule has 17 heavy (non-hydrogen) atoms. The van der Waals surface area contributed by atoms with Crippen LogP contribution in [0.25, 0.3) is 0 Å². The summed E-state index contributed by atoms with van der Waals surface area (Å²) in [6, 6.07) is 0.0624. The van der Waals surface area contributed by atoms with Crippen LogP contribution in [0.3, 0.4) is 0 Å². The summed E-state index contributed by atoms with van der Waals surface area (Å²) < 4.78 is 6.81. The van der Waals surface area contributed by atoms with Crippen molar-refractivity contribution in [1.29, 1.82) is 0 Å². The summed E-state index contributed by atoms with van der Waals surface area (Å²) in [6.07, 6.45) is 2.00. The highest BCUT2D eigenvalue weighted by Gasteiger charge is 2.41. The molecule has 1 unspecified atom stereocenters. The van der Waals surface area contributed by atoms with E-state index < -0.39 is 5.54 Å². The Labute approximate surface area is 105 Å². The molecule has 94 valence electrons. The summed E-state index contributed by atoms with van der Waals surface area (Å²) in [5.41, 5.74) is 5.48.